The summed E-state index contributed by atoms with van der Waals surface area (Å²) in [6.07, 6.45) is 4.32. The number of guanidine groups is 1. The number of aromatic nitrogens is 3. The van der Waals surface area contributed by atoms with Crippen LogP contribution in [-0.4, -0.2) is 33.9 Å². The molecule has 0 unspecified atom stereocenters. The lowest BCUT2D eigenvalue weighted by molar-refractivity contribution is 0.296. The molecule has 27 heavy (non-hydrogen) atoms. The van der Waals surface area contributed by atoms with Gasteiger partial charge < -0.3 is 19.9 Å². The largest absolute Gasteiger partial charge is 0.493 e. The molecule has 146 valence electrons. The van der Waals surface area contributed by atoms with Gasteiger partial charge >= 0.3 is 0 Å². The van der Waals surface area contributed by atoms with Crippen molar-refractivity contribution in [2.24, 2.45) is 10.9 Å². The predicted molar refractivity (Wildman–Crippen MR) is 107 cm³/mol. The van der Waals surface area contributed by atoms with Crippen LogP contribution in [0, 0.1) is 12.8 Å². The fraction of sp³-hybridized carbons (Fsp3) is 0.550. The number of rotatable bonds is 9. The smallest absolute Gasteiger partial charge is 0.191 e. The van der Waals surface area contributed by atoms with E-state index in [0.717, 1.165) is 48.7 Å². The SMILES string of the molecule is CCNC(=NCc1ccc(C)cc1OCC1CC1)NCc1nncn1CC. The normalized spacial score (nSPS) is 14.3. The van der Waals surface area contributed by atoms with Gasteiger partial charge in [-0.15, -0.1) is 10.2 Å². The number of benzene rings is 1. The summed E-state index contributed by atoms with van der Waals surface area (Å²) in [6, 6.07) is 6.33. The van der Waals surface area contributed by atoms with E-state index < -0.39 is 0 Å². The van der Waals surface area contributed by atoms with Gasteiger partial charge in [-0.05, 0) is 51.2 Å². The zero-order valence-electron chi connectivity index (χ0n) is 16.5. The van der Waals surface area contributed by atoms with Gasteiger partial charge in [0.15, 0.2) is 11.8 Å². The minimum Gasteiger partial charge on any atom is -0.493 e. The lowest BCUT2D eigenvalue weighted by Gasteiger charge is -2.13. The van der Waals surface area contributed by atoms with Crippen molar-refractivity contribution in [3.8, 4) is 5.75 Å². The molecule has 7 nitrogen and oxygen atoms in total. The summed E-state index contributed by atoms with van der Waals surface area (Å²) in [5.41, 5.74) is 2.31. The van der Waals surface area contributed by atoms with Crippen LogP contribution < -0.4 is 15.4 Å². The summed E-state index contributed by atoms with van der Waals surface area (Å²) in [4.78, 5) is 4.73. The maximum absolute atomic E-state index is 6.05. The lowest BCUT2D eigenvalue weighted by Crippen LogP contribution is -2.37. The molecule has 1 aromatic heterocycles. The van der Waals surface area contributed by atoms with Crippen LogP contribution in [-0.2, 0) is 19.6 Å². The van der Waals surface area contributed by atoms with Gasteiger partial charge in [-0.2, -0.15) is 0 Å². The minimum absolute atomic E-state index is 0.566. The van der Waals surface area contributed by atoms with Gasteiger partial charge in [-0.1, -0.05) is 12.1 Å². The zero-order valence-corrected chi connectivity index (χ0v) is 16.5. The Bertz CT molecular complexity index is 766. The van der Waals surface area contributed by atoms with Gasteiger partial charge in [0, 0.05) is 18.7 Å². The Hall–Kier alpha value is -2.57. The third-order valence-corrected chi connectivity index (χ3v) is 4.60. The van der Waals surface area contributed by atoms with Gasteiger partial charge in [-0.3, -0.25) is 0 Å². The van der Waals surface area contributed by atoms with Crippen LogP contribution in [0.2, 0.25) is 0 Å². The Morgan fingerprint density at radius 1 is 1.30 bits per heavy atom. The molecular weight excluding hydrogens is 340 g/mol. The van der Waals surface area contributed by atoms with Crippen molar-refractivity contribution < 1.29 is 4.74 Å². The van der Waals surface area contributed by atoms with Gasteiger partial charge in [0.1, 0.15) is 12.1 Å². The number of hydrogen-bond acceptors (Lipinski definition) is 4. The van der Waals surface area contributed by atoms with E-state index in [2.05, 4.69) is 59.8 Å². The van der Waals surface area contributed by atoms with Gasteiger partial charge in [0.25, 0.3) is 0 Å². The second-order valence-electron chi connectivity index (χ2n) is 6.95. The van der Waals surface area contributed by atoms with E-state index in [1.54, 1.807) is 6.33 Å². The maximum atomic E-state index is 6.05. The molecule has 1 aromatic carbocycles. The number of nitrogens with zero attached hydrogens (tertiary/aromatic N) is 4. The molecule has 1 aliphatic carbocycles. The van der Waals surface area contributed by atoms with Crippen molar-refractivity contribution in [1.82, 2.24) is 25.4 Å². The molecule has 1 aliphatic rings. The van der Waals surface area contributed by atoms with E-state index >= 15 is 0 Å². The highest BCUT2D eigenvalue weighted by atomic mass is 16.5. The molecule has 3 rings (SSSR count). The van der Waals surface area contributed by atoms with Crippen LogP contribution in [0.3, 0.4) is 0 Å². The average molecular weight is 371 g/mol. The molecular formula is C20H30N6O. The first-order chi connectivity index (χ1) is 13.2. The second-order valence-corrected chi connectivity index (χ2v) is 6.95. The zero-order chi connectivity index (χ0) is 19.1. The van der Waals surface area contributed by atoms with Crippen LogP contribution in [0.25, 0.3) is 0 Å². The highest BCUT2D eigenvalue weighted by Crippen LogP contribution is 2.30. The summed E-state index contributed by atoms with van der Waals surface area (Å²) in [7, 11) is 0. The number of ether oxygens (including phenoxy) is 1. The summed E-state index contributed by atoms with van der Waals surface area (Å²) in [5, 5.41) is 14.7. The molecule has 0 saturated heterocycles. The first-order valence-electron chi connectivity index (χ1n) is 9.80. The Labute approximate surface area is 161 Å². The van der Waals surface area contributed by atoms with Gasteiger partial charge in [-0.25, -0.2) is 4.99 Å². The average Bonchev–Trinajstić information content (AvgIpc) is 3.39. The quantitative estimate of drug-likeness (QED) is 0.524. The Balaban J connectivity index is 1.65. The maximum Gasteiger partial charge on any atom is 0.191 e. The van der Waals surface area contributed by atoms with Crippen LogP contribution >= 0.6 is 0 Å². The molecule has 0 aliphatic heterocycles. The van der Waals surface area contributed by atoms with E-state index in [9.17, 15) is 0 Å². The third kappa shape index (κ3) is 5.70. The van der Waals surface area contributed by atoms with Crippen LogP contribution in [0.4, 0.5) is 0 Å². The van der Waals surface area contributed by atoms with E-state index in [0.29, 0.717) is 13.1 Å². The Kier molecular flexibility index (Phi) is 6.68. The molecule has 7 heteroatoms. The van der Waals surface area contributed by atoms with Crippen LogP contribution in [0.5, 0.6) is 5.75 Å². The number of nitrogens with one attached hydrogen (secondary N) is 2. The fourth-order valence-corrected chi connectivity index (χ4v) is 2.77. The first-order valence-corrected chi connectivity index (χ1v) is 9.80. The second kappa shape index (κ2) is 9.39. The number of aliphatic imine (C=N–C) groups is 1. The van der Waals surface area contributed by atoms with Crippen molar-refractivity contribution in [3.05, 3.63) is 41.5 Å². The predicted octanol–water partition coefficient (Wildman–Crippen LogP) is 2.65. The highest BCUT2D eigenvalue weighted by molar-refractivity contribution is 5.79. The third-order valence-electron chi connectivity index (χ3n) is 4.60. The number of hydrogen-bond donors (Lipinski definition) is 2. The molecule has 2 N–H and O–H groups in total. The summed E-state index contributed by atoms with van der Waals surface area (Å²) in [5.74, 6) is 3.34. The molecule has 0 bridgehead atoms. The summed E-state index contributed by atoms with van der Waals surface area (Å²) < 4.78 is 8.07. The molecule has 1 heterocycles. The Morgan fingerprint density at radius 2 is 2.15 bits per heavy atom. The monoisotopic (exact) mass is 370 g/mol. The number of aryl methyl sites for hydroxylation is 2. The van der Waals surface area contributed by atoms with Crippen molar-refractivity contribution in [2.45, 2.75) is 53.2 Å². The summed E-state index contributed by atoms with van der Waals surface area (Å²) in [6.45, 7) is 9.83. The molecule has 2 aromatic rings. The standard InChI is InChI=1S/C20H30N6O/c1-4-21-20(23-12-19-25-24-14-26(19)5-2)22-11-17-9-6-15(3)10-18(17)27-13-16-7-8-16/h6,9-10,14,16H,4-5,7-8,11-13H2,1-3H3,(H2,21,22,23). The van der Waals surface area contributed by atoms with E-state index in [-0.39, 0.29) is 0 Å². The van der Waals surface area contributed by atoms with E-state index in [1.165, 1.54) is 18.4 Å². The molecule has 0 atom stereocenters. The van der Waals surface area contributed by atoms with Crippen molar-refractivity contribution in [3.63, 3.8) is 0 Å². The van der Waals surface area contributed by atoms with Crippen molar-refractivity contribution >= 4 is 5.96 Å². The van der Waals surface area contributed by atoms with E-state index in [1.807, 2.05) is 4.57 Å². The molecule has 1 saturated carbocycles. The molecule has 1 fully saturated rings. The first kappa shape index (κ1) is 19.2. The molecule has 0 spiro atoms. The molecule has 0 radical (unpaired) electrons. The van der Waals surface area contributed by atoms with Gasteiger partial charge in [0.2, 0.25) is 0 Å². The Morgan fingerprint density at radius 3 is 2.89 bits per heavy atom. The fourth-order valence-electron chi connectivity index (χ4n) is 2.77. The minimum atomic E-state index is 0.566. The van der Waals surface area contributed by atoms with Gasteiger partial charge in [0.05, 0.1) is 19.7 Å². The highest BCUT2D eigenvalue weighted by Gasteiger charge is 2.22. The van der Waals surface area contributed by atoms with Crippen LogP contribution in [0.15, 0.2) is 29.5 Å². The molecule has 0 amide bonds. The van der Waals surface area contributed by atoms with Crippen molar-refractivity contribution in [2.75, 3.05) is 13.2 Å². The van der Waals surface area contributed by atoms with Crippen molar-refractivity contribution in [1.29, 1.82) is 0 Å². The van der Waals surface area contributed by atoms with Crippen LogP contribution in [0.1, 0.15) is 43.6 Å². The summed E-state index contributed by atoms with van der Waals surface area (Å²) >= 11 is 0. The van der Waals surface area contributed by atoms with E-state index in [4.69, 9.17) is 9.73 Å². The topological polar surface area (TPSA) is 76.4 Å². The lowest BCUT2D eigenvalue weighted by atomic mass is 10.1.